The molecule has 22 heavy (non-hydrogen) atoms. The normalized spacial score (nSPS) is 16.0. The van der Waals surface area contributed by atoms with Crippen LogP contribution in [0.5, 0.6) is 0 Å². The second-order valence-electron chi connectivity index (χ2n) is 5.68. The minimum atomic E-state index is 0.232. The van der Waals surface area contributed by atoms with E-state index in [0.717, 1.165) is 49.0 Å². The molecule has 1 aromatic carbocycles. The lowest BCUT2D eigenvalue weighted by atomic mass is 10.1. The fourth-order valence-corrected chi connectivity index (χ4v) is 3.35. The molecule has 116 valence electrons. The molecule has 0 radical (unpaired) electrons. The zero-order chi connectivity index (χ0) is 15.4. The van der Waals surface area contributed by atoms with Crippen molar-refractivity contribution in [3.8, 4) is 0 Å². The van der Waals surface area contributed by atoms with Crippen molar-refractivity contribution in [2.45, 2.75) is 19.9 Å². The van der Waals surface area contributed by atoms with Gasteiger partial charge >= 0.3 is 0 Å². The van der Waals surface area contributed by atoms with Crippen molar-refractivity contribution in [2.24, 2.45) is 0 Å². The molecule has 1 aliphatic rings. The summed E-state index contributed by atoms with van der Waals surface area (Å²) in [6, 6.07) is 9.97. The number of rotatable bonds is 4. The third-order valence-electron chi connectivity index (χ3n) is 3.98. The van der Waals surface area contributed by atoms with E-state index in [1.807, 2.05) is 42.2 Å². The predicted molar refractivity (Wildman–Crippen MR) is 88.9 cm³/mol. The summed E-state index contributed by atoms with van der Waals surface area (Å²) in [7, 11) is 0. The van der Waals surface area contributed by atoms with Crippen LogP contribution >= 0.6 is 11.3 Å². The van der Waals surface area contributed by atoms with Crippen LogP contribution in [-0.4, -0.2) is 46.9 Å². The molecule has 0 spiro atoms. The van der Waals surface area contributed by atoms with Gasteiger partial charge in [-0.2, -0.15) is 0 Å². The highest BCUT2D eigenvalue weighted by Gasteiger charge is 2.21. The number of aryl methyl sites for hydroxylation is 1. The number of thiazole rings is 1. The Balaban J connectivity index is 1.48. The Morgan fingerprint density at radius 2 is 1.91 bits per heavy atom. The van der Waals surface area contributed by atoms with Gasteiger partial charge in [-0.1, -0.05) is 30.3 Å². The second-order valence-corrected chi connectivity index (χ2v) is 6.74. The van der Waals surface area contributed by atoms with Crippen LogP contribution in [0.25, 0.3) is 0 Å². The molecular formula is C17H21N3OS. The van der Waals surface area contributed by atoms with Crippen molar-refractivity contribution in [2.75, 3.05) is 26.2 Å². The van der Waals surface area contributed by atoms with Gasteiger partial charge in [0.2, 0.25) is 5.91 Å². The largest absolute Gasteiger partial charge is 0.340 e. The second kappa shape index (κ2) is 7.03. The first-order chi connectivity index (χ1) is 10.7. The zero-order valence-corrected chi connectivity index (χ0v) is 13.7. The minimum absolute atomic E-state index is 0.232. The lowest BCUT2D eigenvalue weighted by Crippen LogP contribution is -2.48. The van der Waals surface area contributed by atoms with Crippen LogP contribution in [0.3, 0.4) is 0 Å². The smallest absolute Gasteiger partial charge is 0.227 e. The Hall–Kier alpha value is -1.72. The molecule has 1 amide bonds. The van der Waals surface area contributed by atoms with Crippen LogP contribution in [0.2, 0.25) is 0 Å². The van der Waals surface area contributed by atoms with Crippen LogP contribution < -0.4 is 0 Å². The van der Waals surface area contributed by atoms with E-state index in [-0.39, 0.29) is 5.91 Å². The summed E-state index contributed by atoms with van der Waals surface area (Å²) in [6.45, 7) is 6.41. The molecular weight excluding hydrogens is 294 g/mol. The van der Waals surface area contributed by atoms with E-state index in [2.05, 4.69) is 15.3 Å². The molecule has 2 aromatic rings. The monoisotopic (exact) mass is 315 g/mol. The maximum absolute atomic E-state index is 12.3. The van der Waals surface area contributed by atoms with E-state index in [4.69, 9.17) is 0 Å². The highest BCUT2D eigenvalue weighted by molar-refractivity contribution is 7.09. The molecule has 0 bridgehead atoms. The molecule has 3 rings (SSSR count). The first-order valence-corrected chi connectivity index (χ1v) is 8.54. The van der Waals surface area contributed by atoms with Crippen molar-refractivity contribution < 1.29 is 4.79 Å². The summed E-state index contributed by atoms with van der Waals surface area (Å²) in [5.41, 5.74) is 2.24. The van der Waals surface area contributed by atoms with Gasteiger partial charge in [0.1, 0.15) is 0 Å². The number of carbonyl (C=O) groups excluding carboxylic acids is 1. The predicted octanol–water partition coefficient (Wildman–Crippen LogP) is 2.34. The minimum Gasteiger partial charge on any atom is -0.340 e. The van der Waals surface area contributed by atoms with Crippen LogP contribution in [-0.2, 0) is 17.8 Å². The average molecular weight is 315 g/mol. The topological polar surface area (TPSA) is 36.4 Å². The first-order valence-electron chi connectivity index (χ1n) is 7.66. The van der Waals surface area contributed by atoms with E-state index in [0.29, 0.717) is 6.42 Å². The number of carbonyl (C=O) groups is 1. The van der Waals surface area contributed by atoms with Gasteiger partial charge in [-0.3, -0.25) is 9.69 Å². The van der Waals surface area contributed by atoms with Crippen molar-refractivity contribution in [1.29, 1.82) is 0 Å². The molecule has 1 saturated heterocycles. The first kappa shape index (κ1) is 15.2. The third-order valence-corrected chi connectivity index (χ3v) is 4.80. The van der Waals surface area contributed by atoms with Crippen LogP contribution in [0.15, 0.2) is 35.7 Å². The summed E-state index contributed by atoms with van der Waals surface area (Å²) in [5.74, 6) is 0.232. The van der Waals surface area contributed by atoms with Crippen LogP contribution in [0.4, 0.5) is 0 Å². The van der Waals surface area contributed by atoms with Crippen LogP contribution in [0.1, 0.15) is 16.3 Å². The van der Waals surface area contributed by atoms with Crippen molar-refractivity contribution in [3.05, 3.63) is 52.0 Å². The van der Waals surface area contributed by atoms with Crippen molar-refractivity contribution >= 4 is 17.2 Å². The Morgan fingerprint density at radius 3 is 2.55 bits per heavy atom. The Morgan fingerprint density at radius 1 is 1.18 bits per heavy atom. The molecule has 0 unspecified atom stereocenters. The summed E-state index contributed by atoms with van der Waals surface area (Å²) in [4.78, 5) is 21.2. The van der Waals surface area contributed by atoms with Crippen molar-refractivity contribution in [3.63, 3.8) is 0 Å². The molecule has 0 saturated carbocycles. The molecule has 1 fully saturated rings. The molecule has 0 atom stereocenters. The van der Waals surface area contributed by atoms with Gasteiger partial charge in [-0.05, 0) is 12.5 Å². The van der Waals surface area contributed by atoms with Gasteiger partial charge in [-0.25, -0.2) is 4.98 Å². The summed E-state index contributed by atoms with van der Waals surface area (Å²) < 4.78 is 0. The van der Waals surface area contributed by atoms with E-state index in [9.17, 15) is 4.79 Å². The van der Waals surface area contributed by atoms with E-state index in [1.165, 1.54) is 0 Å². The standard InChI is InChI=1S/C17H21N3OS/c1-14-18-16(13-22-14)12-19-7-9-20(10-8-19)17(21)11-15-5-3-2-4-6-15/h2-6,13H,7-12H2,1H3. The van der Waals surface area contributed by atoms with Gasteiger partial charge in [0.15, 0.2) is 0 Å². The van der Waals surface area contributed by atoms with E-state index in [1.54, 1.807) is 11.3 Å². The highest BCUT2D eigenvalue weighted by atomic mass is 32.1. The Kier molecular flexibility index (Phi) is 4.85. The summed E-state index contributed by atoms with van der Waals surface area (Å²) >= 11 is 1.70. The van der Waals surface area contributed by atoms with Gasteiger partial charge in [0.25, 0.3) is 0 Å². The number of amides is 1. The van der Waals surface area contributed by atoms with Crippen molar-refractivity contribution in [1.82, 2.24) is 14.8 Å². The molecule has 1 aromatic heterocycles. The maximum Gasteiger partial charge on any atom is 0.227 e. The highest BCUT2D eigenvalue weighted by Crippen LogP contribution is 2.13. The summed E-state index contributed by atoms with van der Waals surface area (Å²) in [6.07, 6.45) is 0.506. The van der Waals surface area contributed by atoms with Gasteiger partial charge in [0, 0.05) is 38.1 Å². The molecule has 2 heterocycles. The molecule has 4 nitrogen and oxygen atoms in total. The summed E-state index contributed by atoms with van der Waals surface area (Å²) in [5, 5.41) is 3.24. The van der Waals surface area contributed by atoms with Gasteiger partial charge in [-0.15, -0.1) is 11.3 Å². The Labute approximate surface area is 135 Å². The third kappa shape index (κ3) is 3.93. The maximum atomic E-state index is 12.3. The van der Waals surface area contributed by atoms with Gasteiger partial charge < -0.3 is 4.90 Å². The van der Waals surface area contributed by atoms with Crippen LogP contribution in [0, 0.1) is 6.92 Å². The fourth-order valence-electron chi connectivity index (χ4n) is 2.75. The SMILES string of the molecule is Cc1nc(CN2CCN(C(=O)Cc3ccccc3)CC2)cs1. The number of piperazine rings is 1. The molecule has 0 aliphatic carbocycles. The lowest BCUT2D eigenvalue weighted by molar-refractivity contribution is -0.132. The fraction of sp³-hybridized carbons (Fsp3) is 0.412. The number of hydrogen-bond donors (Lipinski definition) is 0. The number of benzene rings is 1. The average Bonchev–Trinajstić information content (AvgIpc) is 2.94. The quantitative estimate of drug-likeness (QED) is 0.869. The molecule has 0 N–H and O–H groups in total. The zero-order valence-electron chi connectivity index (χ0n) is 12.9. The van der Waals surface area contributed by atoms with E-state index >= 15 is 0 Å². The number of hydrogen-bond acceptors (Lipinski definition) is 4. The number of nitrogens with zero attached hydrogens (tertiary/aromatic N) is 3. The number of aromatic nitrogens is 1. The lowest BCUT2D eigenvalue weighted by Gasteiger charge is -2.34. The van der Waals surface area contributed by atoms with E-state index < -0.39 is 0 Å². The molecule has 5 heteroatoms. The Bertz CT molecular complexity index is 618. The molecule has 1 aliphatic heterocycles. The van der Waals surface area contributed by atoms with Gasteiger partial charge in [0.05, 0.1) is 17.1 Å².